The zero-order chi connectivity index (χ0) is 14.8. The number of thioether (sulfide) groups is 1. The molecular formula is C15H13N3O2S. The van der Waals surface area contributed by atoms with Crippen molar-refractivity contribution < 1.29 is 9.90 Å². The third kappa shape index (κ3) is 2.75. The van der Waals surface area contributed by atoms with Crippen molar-refractivity contribution in [3.05, 3.63) is 48.2 Å². The number of aryl methyl sites for hydroxylation is 1. The third-order valence-electron chi connectivity index (χ3n) is 2.95. The van der Waals surface area contributed by atoms with Crippen LogP contribution in [0, 0.1) is 6.92 Å². The number of fused-ring (bicyclic) bond motifs is 1. The summed E-state index contributed by atoms with van der Waals surface area (Å²) in [5, 5.41) is 9.52. The predicted molar refractivity (Wildman–Crippen MR) is 82.0 cm³/mol. The Labute approximate surface area is 125 Å². The smallest absolute Gasteiger partial charge is 0.313 e. The van der Waals surface area contributed by atoms with Gasteiger partial charge in [-0.1, -0.05) is 30.0 Å². The molecule has 0 aliphatic heterocycles. The molecule has 3 rings (SSSR count). The lowest BCUT2D eigenvalue weighted by molar-refractivity contribution is -0.133. The first-order chi connectivity index (χ1) is 10.1. The fraction of sp³-hybridized carbons (Fsp3) is 0.133. The minimum Gasteiger partial charge on any atom is -0.481 e. The summed E-state index contributed by atoms with van der Waals surface area (Å²) in [6.07, 6.45) is 0. The van der Waals surface area contributed by atoms with E-state index in [1.807, 2.05) is 54.0 Å². The van der Waals surface area contributed by atoms with Crippen molar-refractivity contribution >= 4 is 28.9 Å². The predicted octanol–water partition coefficient (Wildman–Crippen LogP) is 2.91. The van der Waals surface area contributed by atoms with Gasteiger partial charge in [0.15, 0.2) is 10.8 Å². The summed E-state index contributed by atoms with van der Waals surface area (Å²) in [6.45, 7) is 1.92. The van der Waals surface area contributed by atoms with Gasteiger partial charge >= 0.3 is 5.97 Å². The highest BCUT2D eigenvalue weighted by atomic mass is 32.2. The quantitative estimate of drug-likeness (QED) is 0.750. The van der Waals surface area contributed by atoms with Crippen molar-refractivity contribution in [2.75, 3.05) is 5.75 Å². The van der Waals surface area contributed by atoms with E-state index in [2.05, 4.69) is 9.97 Å². The monoisotopic (exact) mass is 299 g/mol. The van der Waals surface area contributed by atoms with E-state index >= 15 is 0 Å². The van der Waals surface area contributed by atoms with Crippen molar-refractivity contribution in [2.24, 2.45) is 0 Å². The molecule has 0 spiro atoms. The van der Waals surface area contributed by atoms with Gasteiger partial charge in [0.25, 0.3) is 0 Å². The second-order valence-corrected chi connectivity index (χ2v) is 5.49. The fourth-order valence-corrected chi connectivity index (χ4v) is 2.80. The average Bonchev–Trinajstić information content (AvgIpc) is 2.83. The molecule has 2 aromatic heterocycles. The highest BCUT2D eigenvalue weighted by Crippen LogP contribution is 2.27. The molecule has 0 aliphatic carbocycles. The second kappa shape index (κ2) is 5.57. The van der Waals surface area contributed by atoms with Crippen LogP contribution in [-0.4, -0.2) is 31.4 Å². The van der Waals surface area contributed by atoms with Crippen LogP contribution in [0.15, 0.2) is 47.6 Å². The molecule has 1 aromatic carbocycles. The number of hydrogen-bond acceptors (Lipinski definition) is 4. The third-order valence-corrected chi connectivity index (χ3v) is 3.88. The van der Waals surface area contributed by atoms with Crippen LogP contribution in [0.1, 0.15) is 5.69 Å². The van der Waals surface area contributed by atoms with Gasteiger partial charge in [0.05, 0.1) is 5.75 Å². The van der Waals surface area contributed by atoms with Crippen LogP contribution in [0.4, 0.5) is 0 Å². The lowest BCUT2D eigenvalue weighted by atomic mass is 10.3. The summed E-state index contributed by atoms with van der Waals surface area (Å²) in [7, 11) is 0. The molecule has 6 heteroatoms. The van der Waals surface area contributed by atoms with Gasteiger partial charge in [-0.3, -0.25) is 9.36 Å². The van der Waals surface area contributed by atoms with E-state index in [0.29, 0.717) is 5.16 Å². The fourth-order valence-electron chi connectivity index (χ4n) is 2.06. The largest absolute Gasteiger partial charge is 0.481 e. The van der Waals surface area contributed by atoms with E-state index < -0.39 is 5.97 Å². The zero-order valence-electron chi connectivity index (χ0n) is 11.4. The summed E-state index contributed by atoms with van der Waals surface area (Å²) in [5.41, 5.74) is 3.33. The molecule has 0 saturated heterocycles. The molecule has 0 bridgehead atoms. The Hall–Kier alpha value is -2.34. The van der Waals surface area contributed by atoms with E-state index in [9.17, 15) is 4.79 Å². The first-order valence-corrected chi connectivity index (χ1v) is 7.40. The molecule has 0 aliphatic rings. The van der Waals surface area contributed by atoms with E-state index in [1.54, 1.807) is 0 Å². The number of para-hydroxylation sites is 1. The molecule has 21 heavy (non-hydrogen) atoms. The molecule has 5 nitrogen and oxygen atoms in total. The topological polar surface area (TPSA) is 68.0 Å². The molecule has 0 radical (unpaired) electrons. The van der Waals surface area contributed by atoms with Gasteiger partial charge in [-0.2, -0.15) is 0 Å². The molecular weight excluding hydrogens is 286 g/mol. The van der Waals surface area contributed by atoms with Crippen LogP contribution in [0.25, 0.3) is 16.9 Å². The first kappa shape index (κ1) is 13.6. The molecule has 0 fully saturated rings. The van der Waals surface area contributed by atoms with E-state index in [0.717, 1.165) is 22.5 Å². The van der Waals surface area contributed by atoms with Crippen LogP contribution in [0.2, 0.25) is 0 Å². The number of nitrogens with zero attached hydrogens (tertiary/aromatic N) is 3. The number of carboxylic acids is 1. The first-order valence-electron chi connectivity index (χ1n) is 6.41. The Bertz CT molecular complexity index is 799. The lowest BCUT2D eigenvalue weighted by Gasteiger charge is -2.07. The van der Waals surface area contributed by atoms with Crippen LogP contribution < -0.4 is 0 Å². The number of rotatable bonds is 4. The van der Waals surface area contributed by atoms with Gasteiger partial charge in [-0.15, -0.1) is 0 Å². The molecule has 0 amide bonds. The Kier molecular flexibility index (Phi) is 3.62. The SMILES string of the molecule is Cc1ccc2nc(SCC(=O)O)n(-c3ccccc3)c2n1. The van der Waals surface area contributed by atoms with Crippen LogP contribution in [0.3, 0.4) is 0 Å². The maximum absolute atomic E-state index is 10.8. The van der Waals surface area contributed by atoms with Gasteiger partial charge < -0.3 is 5.11 Å². The van der Waals surface area contributed by atoms with Crippen LogP contribution >= 0.6 is 11.8 Å². The minimum atomic E-state index is -0.865. The van der Waals surface area contributed by atoms with Crippen molar-refractivity contribution in [1.29, 1.82) is 0 Å². The lowest BCUT2D eigenvalue weighted by Crippen LogP contribution is -2.02. The Morgan fingerprint density at radius 3 is 2.67 bits per heavy atom. The van der Waals surface area contributed by atoms with Gasteiger partial charge in [-0.25, -0.2) is 9.97 Å². The van der Waals surface area contributed by atoms with Crippen molar-refractivity contribution in [1.82, 2.24) is 14.5 Å². The standard InChI is InChI=1S/C15H13N3O2S/c1-10-7-8-12-14(16-10)18(11-5-3-2-4-6-11)15(17-12)21-9-13(19)20/h2-8H,9H2,1H3,(H,19,20). The number of carbonyl (C=O) groups is 1. The van der Waals surface area contributed by atoms with E-state index in [-0.39, 0.29) is 5.75 Å². The molecule has 0 saturated carbocycles. The number of hydrogen-bond donors (Lipinski definition) is 1. The molecule has 3 aromatic rings. The van der Waals surface area contributed by atoms with Gasteiger partial charge in [0.2, 0.25) is 0 Å². The van der Waals surface area contributed by atoms with Gasteiger partial charge in [-0.05, 0) is 31.2 Å². The Balaban J connectivity index is 2.19. The number of pyridine rings is 1. The zero-order valence-corrected chi connectivity index (χ0v) is 12.2. The van der Waals surface area contributed by atoms with Crippen LogP contribution in [-0.2, 0) is 4.79 Å². The average molecular weight is 299 g/mol. The molecule has 0 unspecified atom stereocenters. The van der Waals surface area contributed by atoms with Gasteiger partial charge in [0.1, 0.15) is 5.52 Å². The highest BCUT2D eigenvalue weighted by molar-refractivity contribution is 7.99. The maximum atomic E-state index is 10.8. The second-order valence-electron chi connectivity index (χ2n) is 4.54. The van der Waals surface area contributed by atoms with Crippen molar-refractivity contribution in [2.45, 2.75) is 12.1 Å². The molecule has 106 valence electrons. The van der Waals surface area contributed by atoms with Crippen molar-refractivity contribution in [3.63, 3.8) is 0 Å². The number of carboxylic acid groups (broad SMARTS) is 1. The number of benzene rings is 1. The molecule has 1 N–H and O–H groups in total. The van der Waals surface area contributed by atoms with E-state index in [1.165, 1.54) is 11.8 Å². The maximum Gasteiger partial charge on any atom is 0.313 e. The van der Waals surface area contributed by atoms with Crippen molar-refractivity contribution in [3.8, 4) is 5.69 Å². The van der Waals surface area contributed by atoms with Gasteiger partial charge in [0, 0.05) is 11.4 Å². The number of imidazole rings is 1. The summed E-state index contributed by atoms with van der Waals surface area (Å²) >= 11 is 1.19. The summed E-state index contributed by atoms with van der Waals surface area (Å²) in [5.74, 6) is -0.898. The normalized spacial score (nSPS) is 10.9. The summed E-state index contributed by atoms with van der Waals surface area (Å²) < 4.78 is 1.90. The Morgan fingerprint density at radius 2 is 1.95 bits per heavy atom. The summed E-state index contributed by atoms with van der Waals surface area (Å²) in [6, 6.07) is 13.5. The summed E-state index contributed by atoms with van der Waals surface area (Å²) in [4.78, 5) is 19.9. The number of aliphatic carboxylic acids is 1. The minimum absolute atomic E-state index is 0.0326. The van der Waals surface area contributed by atoms with Crippen LogP contribution in [0.5, 0.6) is 0 Å². The number of aromatic nitrogens is 3. The highest BCUT2D eigenvalue weighted by Gasteiger charge is 2.15. The van der Waals surface area contributed by atoms with E-state index in [4.69, 9.17) is 5.11 Å². The molecule has 2 heterocycles. The Morgan fingerprint density at radius 1 is 1.19 bits per heavy atom. The molecule has 0 atom stereocenters.